The maximum absolute atomic E-state index is 11.7. The van der Waals surface area contributed by atoms with Crippen LogP contribution in [0.5, 0.6) is 0 Å². The predicted molar refractivity (Wildman–Crippen MR) is 59.2 cm³/mol. The first-order valence-corrected chi connectivity index (χ1v) is 5.30. The molecule has 0 aliphatic heterocycles. The summed E-state index contributed by atoms with van der Waals surface area (Å²) in [5, 5.41) is 2.96. The van der Waals surface area contributed by atoms with E-state index in [4.69, 9.17) is 5.73 Å². The molecule has 0 heterocycles. The van der Waals surface area contributed by atoms with E-state index in [1.165, 1.54) is 0 Å². The molecule has 0 radical (unpaired) electrons. The summed E-state index contributed by atoms with van der Waals surface area (Å²) in [5.41, 5.74) is 5.34. The molecule has 0 aromatic carbocycles. The summed E-state index contributed by atoms with van der Waals surface area (Å²) >= 11 is 0. The highest BCUT2D eigenvalue weighted by atomic mass is 16.2. The van der Waals surface area contributed by atoms with E-state index in [2.05, 4.69) is 5.32 Å². The van der Waals surface area contributed by atoms with Crippen molar-refractivity contribution < 1.29 is 4.79 Å². The molecule has 0 saturated carbocycles. The minimum atomic E-state index is -0.278. The van der Waals surface area contributed by atoms with Crippen LogP contribution in [0, 0.1) is 0 Å². The van der Waals surface area contributed by atoms with Gasteiger partial charge in [-0.25, -0.2) is 4.79 Å². The molecular formula is C10H23N3O. The third-order valence-corrected chi connectivity index (χ3v) is 2.69. The van der Waals surface area contributed by atoms with E-state index in [1.807, 2.05) is 27.7 Å². The topological polar surface area (TPSA) is 58.4 Å². The molecule has 4 heteroatoms. The maximum Gasteiger partial charge on any atom is 0.317 e. The van der Waals surface area contributed by atoms with Gasteiger partial charge in [0, 0.05) is 19.6 Å². The van der Waals surface area contributed by atoms with Gasteiger partial charge in [0.05, 0.1) is 5.54 Å². The number of amides is 2. The van der Waals surface area contributed by atoms with E-state index in [-0.39, 0.29) is 11.6 Å². The average Bonchev–Trinajstić information content (AvgIpc) is 2.19. The molecular weight excluding hydrogens is 178 g/mol. The molecule has 14 heavy (non-hydrogen) atoms. The van der Waals surface area contributed by atoms with Crippen LogP contribution < -0.4 is 11.1 Å². The average molecular weight is 201 g/mol. The monoisotopic (exact) mass is 201 g/mol. The third-order valence-electron chi connectivity index (χ3n) is 2.69. The van der Waals surface area contributed by atoms with E-state index in [1.54, 1.807) is 4.90 Å². The standard InChI is InChI=1S/C10H23N3O/c1-5-10(4,8-11)12-9(14)13(6-2)7-3/h5-8,11H2,1-4H3,(H,12,14). The molecule has 2 amide bonds. The van der Waals surface area contributed by atoms with Crippen LogP contribution in [0.15, 0.2) is 0 Å². The van der Waals surface area contributed by atoms with Crippen molar-refractivity contribution in [2.24, 2.45) is 5.73 Å². The van der Waals surface area contributed by atoms with Crippen molar-refractivity contribution in [1.29, 1.82) is 0 Å². The molecule has 0 rings (SSSR count). The minimum Gasteiger partial charge on any atom is -0.332 e. The summed E-state index contributed by atoms with van der Waals surface area (Å²) in [5.74, 6) is 0. The van der Waals surface area contributed by atoms with Crippen molar-refractivity contribution in [1.82, 2.24) is 10.2 Å². The van der Waals surface area contributed by atoms with E-state index < -0.39 is 0 Å². The van der Waals surface area contributed by atoms with Crippen LogP contribution in [-0.2, 0) is 0 Å². The second-order valence-electron chi connectivity index (χ2n) is 3.72. The van der Waals surface area contributed by atoms with Crippen LogP contribution in [0.2, 0.25) is 0 Å². The van der Waals surface area contributed by atoms with Crippen molar-refractivity contribution >= 4 is 6.03 Å². The number of carbonyl (C=O) groups is 1. The number of rotatable bonds is 5. The van der Waals surface area contributed by atoms with Crippen LogP contribution in [-0.4, -0.2) is 36.1 Å². The number of hydrogen-bond donors (Lipinski definition) is 2. The fraction of sp³-hybridized carbons (Fsp3) is 0.900. The Hall–Kier alpha value is -0.770. The summed E-state index contributed by atoms with van der Waals surface area (Å²) in [4.78, 5) is 13.5. The molecule has 1 unspecified atom stereocenters. The van der Waals surface area contributed by atoms with Gasteiger partial charge in [-0.2, -0.15) is 0 Å². The number of nitrogens with one attached hydrogen (secondary N) is 1. The van der Waals surface area contributed by atoms with Gasteiger partial charge >= 0.3 is 6.03 Å². The van der Waals surface area contributed by atoms with E-state index in [9.17, 15) is 4.79 Å². The molecule has 84 valence electrons. The SMILES string of the molecule is CCN(CC)C(=O)NC(C)(CC)CN. The van der Waals surface area contributed by atoms with Crippen molar-refractivity contribution in [2.45, 2.75) is 39.7 Å². The highest BCUT2D eigenvalue weighted by Crippen LogP contribution is 2.07. The predicted octanol–water partition coefficient (Wildman–Crippen LogP) is 1.17. The lowest BCUT2D eigenvalue weighted by molar-refractivity contribution is 0.189. The van der Waals surface area contributed by atoms with Crippen molar-refractivity contribution in [3.05, 3.63) is 0 Å². The Bertz CT molecular complexity index is 174. The Balaban J connectivity index is 4.28. The number of nitrogens with two attached hydrogens (primary N) is 1. The summed E-state index contributed by atoms with van der Waals surface area (Å²) in [6.45, 7) is 9.85. The Morgan fingerprint density at radius 2 is 1.86 bits per heavy atom. The molecule has 4 nitrogen and oxygen atoms in total. The lowest BCUT2D eigenvalue weighted by atomic mass is 10.00. The first kappa shape index (κ1) is 13.2. The van der Waals surface area contributed by atoms with Crippen molar-refractivity contribution in [3.63, 3.8) is 0 Å². The van der Waals surface area contributed by atoms with Gasteiger partial charge in [0.1, 0.15) is 0 Å². The van der Waals surface area contributed by atoms with Gasteiger partial charge < -0.3 is 16.0 Å². The minimum absolute atomic E-state index is 0.0233. The van der Waals surface area contributed by atoms with E-state index in [0.717, 1.165) is 19.5 Å². The smallest absolute Gasteiger partial charge is 0.317 e. The Morgan fingerprint density at radius 3 is 2.14 bits per heavy atom. The Kier molecular flexibility index (Phi) is 5.53. The van der Waals surface area contributed by atoms with Gasteiger partial charge in [0.25, 0.3) is 0 Å². The van der Waals surface area contributed by atoms with Crippen molar-refractivity contribution in [2.75, 3.05) is 19.6 Å². The van der Waals surface area contributed by atoms with Gasteiger partial charge in [0.15, 0.2) is 0 Å². The number of hydrogen-bond acceptors (Lipinski definition) is 2. The van der Waals surface area contributed by atoms with Crippen LogP contribution >= 0.6 is 0 Å². The molecule has 1 atom stereocenters. The molecule has 0 saturated heterocycles. The van der Waals surface area contributed by atoms with Crippen LogP contribution in [0.4, 0.5) is 4.79 Å². The molecule has 0 aliphatic rings. The molecule has 0 bridgehead atoms. The zero-order valence-corrected chi connectivity index (χ0v) is 9.76. The Labute approximate surface area is 86.8 Å². The fourth-order valence-corrected chi connectivity index (χ4v) is 1.13. The van der Waals surface area contributed by atoms with E-state index in [0.29, 0.717) is 6.54 Å². The van der Waals surface area contributed by atoms with Gasteiger partial charge in [-0.3, -0.25) is 0 Å². The first-order valence-electron chi connectivity index (χ1n) is 5.30. The van der Waals surface area contributed by atoms with E-state index >= 15 is 0 Å². The zero-order valence-electron chi connectivity index (χ0n) is 9.76. The molecule has 0 aliphatic carbocycles. The van der Waals surface area contributed by atoms with Crippen LogP contribution in [0.25, 0.3) is 0 Å². The molecule has 0 aromatic heterocycles. The van der Waals surface area contributed by atoms with Gasteiger partial charge in [-0.1, -0.05) is 6.92 Å². The zero-order chi connectivity index (χ0) is 11.2. The van der Waals surface area contributed by atoms with Crippen LogP contribution in [0.3, 0.4) is 0 Å². The number of nitrogens with zero attached hydrogens (tertiary/aromatic N) is 1. The summed E-state index contributed by atoms with van der Waals surface area (Å²) in [6, 6.07) is -0.0233. The molecule has 0 aromatic rings. The number of carbonyl (C=O) groups excluding carboxylic acids is 1. The first-order chi connectivity index (χ1) is 6.52. The second-order valence-corrected chi connectivity index (χ2v) is 3.72. The second kappa shape index (κ2) is 5.86. The lowest BCUT2D eigenvalue weighted by Gasteiger charge is -2.31. The van der Waals surface area contributed by atoms with Gasteiger partial charge in [-0.05, 0) is 27.2 Å². The van der Waals surface area contributed by atoms with Crippen LogP contribution in [0.1, 0.15) is 34.1 Å². The van der Waals surface area contributed by atoms with Gasteiger partial charge in [0.2, 0.25) is 0 Å². The maximum atomic E-state index is 11.7. The largest absolute Gasteiger partial charge is 0.332 e. The summed E-state index contributed by atoms with van der Waals surface area (Å²) in [6.07, 6.45) is 0.844. The highest BCUT2D eigenvalue weighted by molar-refractivity contribution is 5.75. The number of urea groups is 1. The summed E-state index contributed by atoms with van der Waals surface area (Å²) in [7, 11) is 0. The Morgan fingerprint density at radius 1 is 1.36 bits per heavy atom. The molecule has 0 fully saturated rings. The lowest BCUT2D eigenvalue weighted by Crippen LogP contribution is -2.55. The van der Waals surface area contributed by atoms with Crippen molar-refractivity contribution in [3.8, 4) is 0 Å². The summed E-state index contributed by atoms with van der Waals surface area (Å²) < 4.78 is 0. The van der Waals surface area contributed by atoms with Gasteiger partial charge in [-0.15, -0.1) is 0 Å². The third kappa shape index (κ3) is 3.54. The molecule has 3 N–H and O–H groups in total. The quantitative estimate of drug-likeness (QED) is 0.701. The fourth-order valence-electron chi connectivity index (χ4n) is 1.13. The highest BCUT2D eigenvalue weighted by Gasteiger charge is 2.23. The molecule has 0 spiro atoms. The normalized spacial score (nSPS) is 14.6.